The maximum atomic E-state index is 13.4. The van der Waals surface area contributed by atoms with E-state index in [0.717, 1.165) is 20.0 Å². The predicted molar refractivity (Wildman–Crippen MR) is 126 cm³/mol. The lowest BCUT2D eigenvalue weighted by Crippen LogP contribution is -2.38. The third kappa shape index (κ3) is 5.95. The molecular weight excluding hydrogens is 534 g/mol. The lowest BCUT2D eigenvalue weighted by atomic mass is 10.3. The number of halogens is 2. The molecule has 9 heteroatoms. The van der Waals surface area contributed by atoms with Crippen molar-refractivity contribution in [2.45, 2.75) is 11.8 Å². The van der Waals surface area contributed by atoms with Gasteiger partial charge < -0.3 is 10.1 Å². The molecule has 0 spiro atoms. The average Bonchev–Trinajstić information content (AvgIpc) is 2.75. The van der Waals surface area contributed by atoms with Gasteiger partial charge in [0.15, 0.2) is 0 Å². The van der Waals surface area contributed by atoms with E-state index in [1.807, 2.05) is 19.1 Å². The summed E-state index contributed by atoms with van der Waals surface area (Å²) >= 11 is 2.14. The van der Waals surface area contributed by atoms with Crippen molar-refractivity contribution in [3.05, 3.63) is 82.2 Å². The Labute approximate surface area is 194 Å². The minimum atomic E-state index is -4.10. The van der Waals surface area contributed by atoms with Gasteiger partial charge in [0, 0.05) is 9.26 Å². The van der Waals surface area contributed by atoms with Crippen molar-refractivity contribution in [2.24, 2.45) is 0 Å². The van der Waals surface area contributed by atoms with Crippen LogP contribution in [0, 0.1) is 9.39 Å². The molecular formula is C22H20FIN2O4S. The summed E-state index contributed by atoms with van der Waals surface area (Å²) in [5, 5.41) is 2.69. The van der Waals surface area contributed by atoms with Gasteiger partial charge in [0.2, 0.25) is 5.91 Å². The number of hydrogen-bond donors (Lipinski definition) is 1. The molecule has 0 aliphatic carbocycles. The van der Waals surface area contributed by atoms with Gasteiger partial charge in [-0.1, -0.05) is 0 Å². The minimum absolute atomic E-state index is 0.0117. The van der Waals surface area contributed by atoms with E-state index in [9.17, 15) is 17.6 Å². The number of rotatable bonds is 8. The molecule has 6 nitrogen and oxygen atoms in total. The number of sulfonamides is 1. The highest BCUT2D eigenvalue weighted by Crippen LogP contribution is 2.25. The van der Waals surface area contributed by atoms with Gasteiger partial charge in [0.1, 0.15) is 18.1 Å². The first-order valence-corrected chi connectivity index (χ1v) is 11.9. The molecule has 0 radical (unpaired) electrons. The molecule has 0 fully saturated rings. The topological polar surface area (TPSA) is 75.7 Å². The number of hydrogen-bond acceptors (Lipinski definition) is 4. The number of amides is 1. The monoisotopic (exact) mass is 554 g/mol. The second-order valence-electron chi connectivity index (χ2n) is 6.45. The van der Waals surface area contributed by atoms with Gasteiger partial charge in [-0.05, 0) is 102 Å². The Morgan fingerprint density at radius 2 is 1.61 bits per heavy atom. The van der Waals surface area contributed by atoms with Gasteiger partial charge in [0.05, 0.1) is 17.2 Å². The summed E-state index contributed by atoms with van der Waals surface area (Å²) in [6.07, 6.45) is 0. The summed E-state index contributed by atoms with van der Waals surface area (Å²) in [4.78, 5) is 12.6. The van der Waals surface area contributed by atoms with Crippen molar-refractivity contribution in [3.63, 3.8) is 0 Å². The van der Waals surface area contributed by atoms with Gasteiger partial charge in [-0.15, -0.1) is 0 Å². The molecule has 31 heavy (non-hydrogen) atoms. The van der Waals surface area contributed by atoms with E-state index in [0.29, 0.717) is 18.0 Å². The van der Waals surface area contributed by atoms with Crippen molar-refractivity contribution in [3.8, 4) is 5.75 Å². The fourth-order valence-corrected chi connectivity index (χ4v) is 4.57. The highest BCUT2D eigenvalue weighted by Gasteiger charge is 2.27. The minimum Gasteiger partial charge on any atom is -0.494 e. The molecule has 3 aromatic carbocycles. The highest BCUT2D eigenvalue weighted by molar-refractivity contribution is 14.1. The summed E-state index contributed by atoms with van der Waals surface area (Å²) in [5.74, 6) is -0.503. The number of anilines is 2. The standard InChI is InChI=1S/C22H20FIN2O4S/c1-2-30-20-11-13-21(14-12-20)31(28,29)26(19-9-3-16(23)4-10-19)15-22(27)25-18-7-5-17(24)6-8-18/h3-14H,2,15H2,1H3,(H,25,27). The molecule has 0 aliphatic heterocycles. The summed E-state index contributed by atoms with van der Waals surface area (Å²) in [7, 11) is -4.10. The SMILES string of the molecule is CCOc1ccc(S(=O)(=O)N(CC(=O)Nc2ccc(I)cc2)c2ccc(F)cc2)cc1. The molecule has 0 saturated heterocycles. The first-order chi connectivity index (χ1) is 14.8. The molecule has 1 amide bonds. The van der Waals surface area contributed by atoms with E-state index < -0.39 is 28.3 Å². The van der Waals surface area contributed by atoms with E-state index >= 15 is 0 Å². The van der Waals surface area contributed by atoms with E-state index in [4.69, 9.17) is 4.74 Å². The van der Waals surface area contributed by atoms with Crippen molar-refractivity contribution in [2.75, 3.05) is 22.8 Å². The summed E-state index contributed by atoms with van der Waals surface area (Å²) in [6.45, 7) is 1.80. The maximum Gasteiger partial charge on any atom is 0.264 e. The third-order valence-corrected chi connectivity index (χ3v) is 6.76. The first-order valence-electron chi connectivity index (χ1n) is 9.36. The van der Waals surface area contributed by atoms with Crippen molar-refractivity contribution in [1.29, 1.82) is 0 Å². The molecule has 3 rings (SSSR count). The molecule has 1 N–H and O–H groups in total. The van der Waals surface area contributed by atoms with Gasteiger partial charge in [0.25, 0.3) is 10.0 Å². The van der Waals surface area contributed by atoms with Crippen LogP contribution in [0.1, 0.15) is 6.92 Å². The number of benzene rings is 3. The lowest BCUT2D eigenvalue weighted by Gasteiger charge is -2.24. The zero-order valence-corrected chi connectivity index (χ0v) is 19.6. The molecule has 0 heterocycles. The zero-order chi connectivity index (χ0) is 22.4. The number of nitrogens with one attached hydrogen (secondary N) is 1. The van der Waals surface area contributed by atoms with Gasteiger partial charge >= 0.3 is 0 Å². The van der Waals surface area contributed by atoms with Gasteiger partial charge in [-0.2, -0.15) is 0 Å². The zero-order valence-electron chi connectivity index (χ0n) is 16.6. The number of ether oxygens (including phenoxy) is 1. The van der Waals surface area contributed by atoms with Crippen LogP contribution < -0.4 is 14.4 Å². The largest absolute Gasteiger partial charge is 0.494 e. The molecule has 3 aromatic rings. The number of carbonyl (C=O) groups is 1. The molecule has 0 saturated carbocycles. The molecule has 0 unspecified atom stereocenters. The first kappa shape index (κ1) is 23.0. The Balaban J connectivity index is 1.90. The Morgan fingerprint density at radius 3 is 2.19 bits per heavy atom. The number of nitrogens with zero attached hydrogens (tertiary/aromatic N) is 1. The summed E-state index contributed by atoms with van der Waals surface area (Å²) < 4.78 is 47.4. The van der Waals surface area contributed by atoms with Crippen LogP contribution in [0.3, 0.4) is 0 Å². The third-order valence-electron chi connectivity index (χ3n) is 4.25. The fraction of sp³-hybridized carbons (Fsp3) is 0.136. The molecule has 0 aromatic heterocycles. The van der Waals surface area contributed by atoms with E-state index in [-0.39, 0.29) is 10.6 Å². The molecule has 0 aliphatic rings. The van der Waals surface area contributed by atoms with E-state index in [1.54, 1.807) is 24.3 Å². The summed E-state index contributed by atoms with van der Waals surface area (Å²) in [5.41, 5.74) is 0.719. The van der Waals surface area contributed by atoms with E-state index in [1.165, 1.54) is 24.3 Å². The maximum absolute atomic E-state index is 13.4. The van der Waals surface area contributed by atoms with Crippen LogP contribution in [0.2, 0.25) is 0 Å². The second kappa shape index (κ2) is 10.1. The molecule has 0 atom stereocenters. The number of carbonyl (C=O) groups excluding carboxylic acids is 1. The van der Waals surface area contributed by atoms with Crippen molar-refractivity contribution < 1.29 is 22.3 Å². The van der Waals surface area contributed by atoms with Crippen LogP contribution in [-0.2, 0) is 14.8 Å². The van der Waals surface area contributed by atoms with Crippen LogP contribution in [-0.4, -0.2) is 27.5 Å². The Kier molecular flexibility index (Phi) is 7.50. The highest BCUT2D eigenvalue weighted by atomic mass is 127. The van der Waals surface area contributed by atoms with Crippen molar-refractivity contribution >= 4 is 49.9 Å². The second-order valence-corrected chi connectivity index (χ2v) is 9.56. The average molecular weight is 554 g/mol. The van der Waals surface area contributed by atoms with Crippen LogP contribution in [0.15, 0.2) is 77.7 Å². The quantitative estimate of drug-likeness (QED) is 0.411. The van der Waals surface area contributed by atoms with Gasteiger partial charge in [-0.3, -0.25) is 9.10 Å². The van der Waals surface area contributed by atoms with Crippen LogP contribution >= 0.6 is 22.6 Å². The normalized spacial score (nSPS) is 11.1. The fourth-order valence-electron chi connectivity index (χ4n) is 2.79. The summed E-state index contributed by atoms with van der Waals surface area (Å²) in [6, 6.07) is 17.9. The van der Waals surface area contributed by atoms with Crippen LogP contribution in [0.4, 0.5) is 15.8 Å². The van der Waals surface area contributed by atoms with E-state index in [2.05, 4.69) is 27.9 Å². The lowest BCUT2D eigenvalue weighted by molar-refractivity contribution is -0.114. The Hall–Kier alpha value is -2.66. The van der Waals surface area contributed by atoms with Gasteiger partial charge in [-0.25, -0.2) is 12.8 Å². The Bertz CT molecular complexity index is 1140. The smallest absolute Gasteiger partial charge is 0.264 e. The predicted octanol–water partition coefficient (Wildman–Crippen LogP) is 4.66. The Morgan fingerprint density at radius 1 is 1.00 bits per heavy atom. The molecule has 162 valence electrons. The van der Waals surface area contributed by atoms with Crippen LogP contribution in [0.25, 0.3) is 0 Å². The van der Waals surface area contributed by atoms with Crippen LogP contribution in [0.5, 0.6) is 5.75 Å². The molecule has 0 bridgehead atoms. The van der Waals surface area contributed by atoms with Crippen molar-refractivity contribution in [1.82, 2.24) is 0 Å².